The van der Waals surface area contributed by atoms with Gasteiger partial charge in [0.25, 0.3) is 21.8 Å². The Morgan fingerprint density at radius 2 is 1.77 bits per heavy atom. The maximum atomic E-state index is 12.4. The molecule has 158 valence electrons. The highest BCUT2D eigenvalue weighted by Crippen LogP contribution is 2.29. The van der Waals surface area contributed by atoms with Crippen molar-refractivity contribution in [3.63, 3.8) is 0 Å². The summed E-state index contributed by atoms with van der Waals surface area (Å²) < 4.78 is 30.5. The van der Waals surface area contributed by atoms with Crippen LogP contribution in [0.15, 0.2) is 53.4 Å². The van der Waals surface area contributed by atoms with Gasteiger partial charge in [-0.2, -0.15) is 0 Å². The lowest BCUT2D eigenvalue weighted by Crippen LogP contribution is -2.33. The van der Waals surface area contributed by atoms with Gasteiger partial charge in [0.05, 0.1) is 12.1 Å². The molecule has 2 aromatic carbocycles. The van der Waals surface area contributed by atoms with E-state index in [0.29, 0.717) is 21.3 Å². The predicted octanol–water partition coefficient (Wildman–Crippen LogP) is 2.24. The summed E-state index contributed by atoms with van der Waals surface area (Å²) >= 11 is 5.77. The number of sulfonamides is 1. The Labute approximate surface area is 178 Å². The zero-order valence-corrected chi connectivity index (χ0v) is 17.4. The van der Waals surface area contributed by atoms with Crippen LogP contribution in [0, 0.1) is 0 Å². The molecular formula is C20H19ClN2O6S. The molecule has 3 rings (SSSR count). The standard InChI is InChI=1S/C20H19ClN2O6S/c21-15-9-7-14(8-10-15)19(25)22-11-3-6-18(24)29-13-12-23-20(26)16-4-1-2-5-17(16)30(23,27)28/h1-2,4-5,7-10H,3,6,11-13H2,(H,22,25). The molecule has 2 amide bonds. The third kappa shape index (κ3) is 4.80. The van der Waals surface area contributed by atoms with Gasteiger partial charge in [0.1, 0.15) is 11.5 Å². The summed E-state index contributed by atoms with van der Waals surface area (Å²) in [6, 6.07) is 12.3. The molecule has 1 heterocycles. The van der Waals surface area contributed by atoms with E-state index >= 15 is 0 Å². The van der Waals surface area contributed by atoms with Crippen LogP contribution >= 0.6 is 11.6 Å². The molecule has 0 fully saturated rings. The van der Waals surface area contributed by atoms with E-state index in [4.69, 9.17) is 16.3 Å². The van der Waals surface area contributed by atoms with E-state index in [1.165, 1.54) is 12.1 Å². The zero-order valence-electron chi connectivity index (χ0n) is 15.8. The van der Waals surface area contributed by atoms with Crippen molar-refractivity contribution in [3.8, 4) is 0 Å². The Balaban J connectivity index is 1.38. The van der Waals surface area contributed by atoms with Crippen LogP contribution in [0.4, 0.5) is 0 Å². The van der Waals surface area contributed by atoms with Gasteiger partial charge in [-0.3, -0.25) is 14.4 Å². The lowest BCUT2D eigenvalue weighted by atomic mass is 10.2. The number of hydrogen-bond donors (Lipinski definition) is 1. The maximum Gasteiger partial charge on any atom is 0.305 e. The first-order chi connectivity index (χ1) is 14.3. The van der Waals surface area contributed by atoms with Crippen LogP contribution in [-0.2, 0) is 19.6 Å². The van der Waals surface area contributed by atoms with Gasteiger partial charge in [0.15, 0.2) is 0 Å². The Morgan fingerprint density at radius 1 is 1.07 bits per heavy atom. The van der Waals surface area contributed by atoms with Crippen molar-refractivity contribution in [2.24, 2.45) is 0 Å². The smallest absolute Gasteiger partial charge is 0.305 e. The Morgan fingerprint density at radius 3 is 2.47 bits per heavy atom. The average molecular weight is 451 g/mol. The van der Waals surface area contributed by atoms with Gasteiger partial charge >= 0.3 is 5.97 Å². The number of rotatable bonds is 8. The second kappa shape index (κ2) is 9.27. The SMILES string of the molecule is O=C(CCCNC(=O)c1ccc(Cl)cc1)OCCN1C(=O)c2ccccc2S1(=O)=O. The zero-order chi connectivity index (χ0) is 21.7. The van der Waals surface area contributed by atoms with Crippen LogP contribution in [0.25, 0.3) is 0 Å². The highest BCUT2D eigenvalue weighted by Gasteiger charge is 2.40. The number of amides is 2. The van der Waals surface area contributed by atoms with Crippen molar-refractivity contribution in [2.75, 3.05) is 19.7 Å². The summed E-state index contributed by atoms with van der Waals surface area (Å²) in [4.78, 5) is 36.0. The third-order valence-electron chi connectivity index (χ3n) is 4.42. The molecule has 0 saturated heterocycles. The molecule has 10 heteroatoms. The number of nitrogens with zero attached hydrogens (tertiary/aromatic N) is 1. The van der Waals surface area contributed by atoms with Crippen LogP contribution < -0.4 is 5.32 Å². The number of fused-ring (bicyclic) bond motifs is 1. The molecule has 30 heavy (non-hydrogen) atoms. The molecule has 0 unspecified atom stereocenters. The van der Waals surface area contributed by atoms with Crippen molar-refractivity contribution in [1.82, 2.24) is 9.62 Å². The Kier molecular flexibility index (Phi) is 6.73. The molecule has 1 aliphatic rings. The van der Waals surface area contributed by atoms with Crippen molar-refractivity contribution in [1.29, 1.82) is 0 Å². The molecule has 0 radical (unpaired) electrons. The number of carbonyl (C=O) groups excluding carboxylic acids is 3. The van der Waals surface area contributed by atoms with E-state index in [0.717, 1.165) is 0 Å². The molecule has 2 aromatic rings. The van der Waals surface area contributed by atoms with E-state index in [9.17, 15) is 22.8 Å². The van der Waals surface area contributed by atoms with Crippen molar-refractivity contribution in [3.05, 3.63) is 64.7 Å². The average Bonchev–Trinajstić information content (AvgIpc) is 2.92. The number of benzene rings is 2. The van der Waals surface area contributed by atoms with E-state index in [2.05, 4.69) is 5.32 Å². The van der Waals surface area contributed by atoms with Crippen molar-refractivity contribution in [2.45, 2.75) is 17.7 Å². The fourth-order valence-electron chi connectivity index (χ4n) is 2.90. The molecule has 8 nitrogen and oxygen atoms in total. The van der Waals surface area contributed by atoms with Gasteiger partial charge in [-0.1, -0.05) is 23.7 Å². The number of esters is 1. The van der Waals surface area contributed by atoms with E-state index in [1.54, 1.807) is 36.4 Å². The minimum Gasteiger partial charge on any atom is -0.464 e. The van der Waals surface area contributed by atoms with Gasteiger partial charge in [-0.15, -0.1) is 0 Å². The van der Waals surface area contributed by atoms with Crippen LogP contribution in [-0.4, -0.2) is 50.2 Å². The Hall–Kier alpha value is -2.91. The summed E-state index contributed by atoms with van der Waals surface area (Å²) in [6.45, 7) is -0.228. The summed E-state index contributed by atoms with van der Waals surface area (Å²) in [5, 5.41) is 3.21. The van der Waals surface area contributed by atoms with Crippen LogP contribution in [0.3, 0.4) is 0 Å². The van der Waals surface area contributed by atoms with Gasteiger partial charge < -0.3 is 10.1 Å². The second-order valence-electron chi connectivity index (χ2n) is 6.47. The van der Waals surface area contributed by atoms with E-state index in [1.807, 2.05) is 0 Å². The van der Waals surface area contributed by atoms with Crippen LogP contribution in [0.2, 0.25) is 5.02 Å². The minimum absolute atomic E-state index is 0.0435. The quantitative estimate of drug-likeness (QED) is 0.488. The molecule has 1 aliphatic heterocycles. The second-order valence-corrected chi connectivity index (χ2v) is 8.73. The van der Waals surface area contributed by atoms with Crippen molar-refractivity contribution < 1.29 is 27.5 Å². The fraction of sp³-hybridized carbons (Fsp3) is 0.250. The molecule has 0 bridgehead atoms. The summed E-state index contributed by atoms with van der Waals surface area (Å²) in [5.74, 6) is -1.46. The minimum atomic E-state index is -3.92. The first kappa shape index (κ1) is 21.8. The summed E-state index contributed by atoms with van der Waals surface area (Å²) in [7, 11) is -3.92. The van der Waals surface area contributed by atoms with E-state index < -0.39 is 21.9 Å². The van der Waals surface area contributed by atoms with Gasteiger partial charge in [-0.25, -0.2) is 12.7 Å². The highest BCUT2D eigenvalue weighted by molar-refractivity contribution is 7.90. The predicted molar refractivity (Wildman–Crippen MR) is 109 cm³/mol. The first-order valence-corrected chi connectivity index (χ1v) is 11.0. The molecule has 0 atom stereocenters. The van der Waals surface area contributed by atoms with Gasteiger partial charge in [0.2, 0.25) is 0 Å². The number of ether oxygens (including phenoxy) is 1. The molecule has 1 N–H and O–H groups in total. The number of halogens is 1. The van der Waals surface area contributed by atoms with Crippen molar-refractivity contribution >= 4 is 39.4 Å². The maximum absolute atomic E-state index is 12.4. The molecule has 0 aliphatic carbocycles. The number of hydrogen-bond acceptors (Lipinski definition) is 6. The lowest BCUT2D eigenvalue weighted by Gasteiger charge is -2.15. The van der Waals surface area contributed by atoms with Crippen LogP contribution in [0.1, 0.15) is 33.6 Å². The fourth-order valence-corrected chi connectivity index (χ4v) is 4.58. The van der Waals surface area contributed by atoms with Gasteiger partial charge in [0, 0.05) is 23.6 Å². The summed E-state index contributed by atoms with van der Waals surface area (Å²) in [5.41, 5.74) is 0.569. The Bertz CT molecular complexity index is 1070. The molecule has 0 aromatic heterocycles. The number of nitrogens with one attached hydrogen (secondary N) is 1. The molecule has 0 saturated carbocycles. The highest BCUT2D eigenvalue weighted by atomic mass is 35.5. The molecule has 0 spiro atoms. The van der Waals surface area contributed by atoms with E-state index in [-0.39, 0.29) is 42.5 Å². The summed E-state index contributed by atoms with van der Waals surface area (Å²) in [6.07, 6.45) is 0.395. The number of carbonyl (C=O) groups is 3. The third-order valence-corrected chi connectivity index (χ3v) is 6.51. The topological polar surface area (TPSA) is 110 Å². The van der Waals surface area contributed by atoms with Crippen LogP contribution in [0.5, 0.6) is 0 Å². The monoisotopic (exact) mass is 450 g/mol. The molecular weight excluding hydrogens is 432 g/mol. The lowest BCUT2D eigenvalue weighted by molar-refractivity contribution is -0.143. The first-order valence-electron chi connectivity index (χ1n) is 9.16. The normalized spacial score (nSPS) is 14.3. The largest absolute Gasteiger partial charge is 0.464 e. The van der Waals surface area contributed by atoms with Gasteiger partial charge in [-0.05, 0) is 42.8 Å².